The largest absolute Gasteiger partial charge is 2.00 e. The quantitative estimate of drug-likeness (QED) is 0.427. The van der Waals surface area contributed by atoms with Gasteiger partial charge in [0.1, 0.15) is 0 Å². The molecule has 0 atom stereocenters. The molecular formula is C8H10Pd. The third kappa shape index (κ3) is 11.4. The van der Waals surface area contributed by atoms with Crippen LogP contribution in [0, 0.1) is 12.7 Å². The van der Waals surface area contributed by atoms with Crippen LogP contribution in [0.3, 0.4) is 0 Å². The monoisotopic (exact) mass is 212 g/mol. The average molecular weight is 213 g/mol. The second-order valence-electron chi connectivity index (χ2n) is 1.34. The van der Waals surface area contributed by atoms with Crippen molar-refractivity contribution in [2.24, 2.45) is 0 Å². The SMILES string of the molecule is [C-]1=CC=CC1.[CH-]=CC.[Pd+2]. The van der Waals surface area contributed by atoms with Crippen LogP contribution in [0.2, 0.25) is 0 Å². The molecule has 1 heteroatoms. The maximum Gasteiger partial charge on any atom is 2.00 e. The summed E-state index contributed by atoms with van der Waals surface area (Å²) in [5.74, 6) is 0. The van der Waals surface area contributed by atoms with Gasteiger partial charge in [-0.25, -0.2) is 12.2 Å². The summed E-state index contributed by atoms with van der Waals surface area (Å²) in [6.45, 7) is 6.50. The summed E-state index contributed by atoms with van der Waals surface area (Å²) in [4.78, 5) is 0. The molecule has 0 aliphatic heterocycles. The van der Waals surface area contributed by atoms with Crippen LogP contribution in [0.25, 0.3) is 0 Å². The first-order chi connectivity index (χ1) is 3.91. The van der Waals surface area contributed by atoms with Gasteiger partial charge in [-0.2, -0.15) is 6.08 Å². The van der Waals surface area contributed by atoms with E-state index in [0.29, 0.717) is 0 Å². The van der Waals surface area contributed by atoms with Crippen molar-refractivity contribution in [1.82, 2.24) is 0 Å². The van der Waals surface area contributed by atoms with E-state index in [1.54, 1.807) is 6.92 Å². The molecule has 0 saturated carbocycles. The summed E-state index contributed by atoms with van der Waals surface area (Å²) in [7, 11) is 0. The summed E-state index contributed by atoms with van der Waals surface area (Å²) in [5, 5.41) is 0. The van der Waals surface area contributed by atoms with E-state index in [-0.39, 0.29) is 20.4 Å². The molecule has 1 aliphatic rings. The molecule has 0 unspecified atom stereocenters. The molecule has 1 aliphatic carbocycles. The van der Waals surface area contributed by atoms with Crippen molar-refractivity contribution in [1.29, 1.82) is 0 Å². The van der Waals surface area contributed by atoms with Gasteiger partial charge >= 0.3 is 20.4 Å². The summed E-state index contributed by atoms with van der Waals surface area (Å²) < 4.78 is 0. The second-order valence-corrected chi connectivity index (χ2v) is 1.34. The van der Waals surface area contributed by atoms with Gasteiger partial charge in [0.05, 0.1) is 0 Å². The molecule has 52 valence electrons. The van der Waals surface area contributed by atoms with E-state index in [1.165, 1.54) is 6.08 Å². The topological polar surface area (TPSA) is 0 Å². The third-order valence-electron chi connectivity index (χ3n) is 0.586. The van der Waals surface area contributed by atoms with E-state index < -0.39 is 0 Å². The third-order valence-corrected chi connectivity index (χ3v) is 0.586. The summed E-state index contributed by atoms with van der Waals surface area (Å²) in [6, 6.07) is 0. The van der Waals surface area contributed by atoms with Crippen LogP contribution < -0.4 is 0 Å². The van der Waals surface area contributed by atoms with Crippen LogP contribution in [-0.4, -0.2) is 0 Å². The van der Waals surface area contributed by atoms with E-state index >= 15 is 0 Å². The fraction of sp³-hybridized carbons (Fsp3) is 0.250. The zero-order valence-electron chi connectivity index (χ0n) is 5.41. The van der Waals surface area contributed by atoms with Crippen molar-refractivity contribution < 1.29 is 20.4 Å². The van der Waals surface area contributed by atoms with Gasteiger partial charge in [-0.1, -0.05) is 6.92 Å². The van der Waals surface area contributed by atoms with Gasteiger partial charge in [0.25, 0.3) is 0 Å². The van der Waals surface area contributed by atoms with E-state index in [4.69, 9.17) is 6.58 Å². The van der Waals surface area contributed by atoms with Crippen molar-refractivity contribution in [3.8, 4) is 0 Å². The van der Waals surface area contributed by atoms with E-state index in [0.717, 1.165) is 6.42 Å². The van der Waals surface area contributed by atoms with Gasteiger partial charge in [-0.05, 0) is 0 Å². The van der Waals surface area contributed by atoms with Crippen molar-refractivity contribution in [3.63, 3.8) is 0 Å². The fourth-order valence-corrected chi connectivity index (χ4v) is 0.340. The Morgan fingerprint density at radius 1 is 1.67 bits per heavy atom. The first-order valence-electron chi connectivity index (χ1n) is 2.63. The van der Waals surface area contributed by atoms with Crippen LogP contribution in [0.5, 0.6) is 0 Å². The Kier molecular flexibility index (Phi) is 14.0. The van der Waals surface area contributed by atoms with E-state index in [1.807, 2.05) is 12.2 Å². The Hall–Kier alpha value is -0.118. The van der Waals surface area contributed by atoms with Crippen LogP contribution in [0.15, 0.2) is 24.3 Å². The van der Waals surface area contributed by atoms with E-state index in [2.05, 4.69) is 12.2 Å². The van der Waals surface area contributed by atoms with Gasteiger partial charge in [0, 0.05) is 0 Å². The minimum atomic E-state index is 0. The van der Waals surface area contributed by atoms with Crippen LogP contribution in [-0.2, 0) is 20.4 Å². The van der Waals surface area contributed by atoms with Crippen molar-refractivity contribution in [3.05, 3.63) is 37.0 Å². The van der Waals surface area contributed by atoms with Crippen LogP contribution in [0.4, 0.5) is 0 Å². The molecule has 0 aromatic rings. The normalized spacial score (nSPS) is 11.2. The molecule has 0 amide bonds. The zero-order chi connectivity index (χ0) is 6.24. The molecule has 0 aromatic carbocycles. The van der Waals surface area contributed by atoms with Crippen molar-refractivity contribution in [2.75, 3.05) is 0 Å². The molecule has 0 fully saturated rings. The first-order valence-corrected chi connectivity index (χ1v) is 2.63. The van der Waals surface area contributed by atoms with Gasteiger partial charge in [0.2, 0.25) is 0 Å². The molecule has 0 bridgehead atoms. The summed E-state index contributed by atoms with van der Waals surface area (Å²) in [5.41, 5.74) is 0. The molecule has 0 nitrogen and oxygen atoms in total. The maximum absolute atomic E-state index is 4.72. The molecule has 1 rings (SSSR count). The van der Waals surface area contributed by atoms with E-state index in [9.17, 15) is 0 Å². The molecule has 0 saturated heterocycles. The fourth-order valence-electron chi connectivity index (χ4n) is 0.340. The molecule has 0 aromatic heterocycles. The summed E-state index contributed by atoms with van der Waals surface area (Å²) in [6.07, 6.45) is 11.5. The Labute approximate surface area is 71.0 Å². The van der Waals surface area contributed by atoms with Gasteiger partial charge in [-0.3, -0.25) is 12.2 Å². The number of hydrogen-bond donors (Lipinski definition) is 0. The molecule has 0 spiro atoms. The predicted octanol–water partition coefficient (Wildman–Crippen LogP) is 2.30. The molecule has 0 N–H and O–H groups in total. The average Bonchev–Trinajstić information content (AvgIpc) is 2.17. The predicted molar refractivity (Wildman–Crippen MR) is 36.1 cm³/mol. The molecule has 0 radical (unpaired) electrons. The molecule has 0 heterocycles. The number of hydrogen-bond acceptors (Lipinski definition) is 0. The minimum Gasteiger partial charge on any atom is -0.518 e. The molecule has 9 heavy (non-hydrogen) atoms. The standard InChI is InChI=1S/C5H5.C3H5.Pd/c1-2-4-5-3-1;1-3-2;/h1-3H,4H2;1,3H,2H3;/q2*-1;+2. The van der Waals surface area contributed by atoms with Crippen molar-refractivity contribution in [2.45, 2.75) is 13.3 Å². The Morgan fingerprint density at radius 3 is 2.33 bits per heavy atom. The van der Waals surface area contributed by atoms with Gasteiger partial charge < -0.3 is 6.58 Å². The first kappa shape index (κ1) is 11.7. The van der Waals surface area contributed by atoms with Crippen molar-refractivity contribution >= 4 is 0 Å². The summed E-state index contributed by atoms with van der Waals surface area (Å²) >= 11 is 0. The maximum atomic E-state index is 4.72. The zero-order valence-corrected chi connectivity index (χ0v) is 6.96. The Balaban J connectivity index is 0. The second kappa shape index (κ2) is 10.8. The van der Waals surface area contributed by atoms with Crippen LogP contribution in [0.1, 0.15) is 13.3 Å². The van der Waals surface area contributed by atoms with Gasteiger partial charge in [-0.15, -0.1) is 6.42 Å². The molecular weight excluding hydrogens is 203 g/mol. The van der Waals surface area contributed by atoms with Gasteiger partial charge in [0.15, 0.2) is 0 Å². The number of allylic oxidation sites excluding steroid dienone is 5. The Morgan fingerprint density at radius 2 is 2.22 bits per heavy atom. The minimum absolute atomic E-state index is 0. The Bertz CT molecular complexity index is 91.1. The number of rotatable bonds is 0. The van der Waals surface area contributed by atoms with Crippen LogP contribution >= 0.6 is 0 Å². The smallest absolute Gasteiger partial charge is 0.518 e.